The number of nitrogens with two attached hydrogens (primary N) is 3. The number of aromatic amines is 1. The summed E-state index contributed by atoms with van der Waals surface area (Å²) in [4.78, 5) is 47.9. The van der Waals surface area contributed by atoms with Crippen molar-refractivity contribution in [3.63, 3.8) is 0 Å². The predicted octanol–water partition coefficient (Wildman–Crippen LogP) is 4.82. The van der Waals surface area contributed by atoms with Gasteiger partial charge < -0.3 is 26.7 Å². The van der Waals surface area contributed by atoms with Crippen molar-refractivity contribution < 1.29 is 14.4 Å². The van der Waals surface area contributed by atoms with Crippen LogP contribution in [-0.2, 0) is 33.9 Å². The van der Waals surface area contributed by atoms with Gasteiger partial charge in [0.15, 0.2) is 0 Å². The largest absolute Gasteiger partial charge is 0.358 e. The quantitative estimate of drug-likeness (QED) is 0.0412. The second-order valence-corrected chi connectivity index (χ2v) is 13.8. The van der Waals surface area contributed by atoms with E-state index < -0.39 is 12.1 Å². The normalized spacial score (nSPS) is 12.5. The van der Waals surface area contributed by atoms with Crippen LogP contribution >= 0.6 is 23.4 Å². The molecule has 5 aromatic rings. The number of fused-ring (bicyclic) bond motifs is 1. The molecule has 5 rings (SSSR count). The maximum Gasteiger partial charge on any atom is 0.243 e. The van der Waals surface area contributed by atoms with Crippen molar-refractivity contribution in [2.24, 2.45) is 17.4 Å². The van der Waals surface area contributed by atoms with Crippen LogP contribution in [-0.4, -0.2) is 64.1 Å². The third-order valence-corrected chi connectivity index (χ3v) is 10.8. The fourth-order valence-electron chi connectivity index (χ4n) is 6.30. The lowest BCUT2D eigenvalue weighted by Crippen LogP contribution is -2.54. The first-order chi connectivity index (χ1) is 25.3. The van der Waals surface area contributed by atoms with Gasteiger partial charge in [0.2, 0.25) is 11.8 Å². The summed E-state index contributed by atoms with van der Waals surface area (Å²) in [6.45, 7) is 2.88. The van der Waals surface area contributed by atoms with E-state index in [9.17, 15) is 9.59 Å². The second-order valence-electron chi connectivity index (χ2n) is 12.4. The average Bonchev–Trinajstić information content (AvgIpc) is 3.49. The van der Waals surface area contributed by atoms with Crippen LogP contribution in [0.3, 0.4) is 0 Å². The van der Waals surface area contributed by atoms with Crippen molar-refractivity contribution in [1.82, 2.24) is 30.5 Å². The molecule has 0 aliphatic heterocycles. The number of unbranched alkanes of at least 4 members (excludes halogenated alkanes) is 1. The van der Waals surface area contributed by atoms with E-state index >= 15 is 0 Å². The summed E-state index contributed by atoms with van der Waals surface area (Å²) in [5, 5.41) is 8.48. The molecule has 3 heterocycles. The number of pyridine rings is 2. The van der Waals surface area contributed by atoms with Crippen LogP contribution < -0.4 is 28.0 Å². The van der Waals surface area contributed by atoms with E-state index in [1.165, 1.54) is 16.7 Å². The van der Waals surface area contributed by atoms with Gasteiger partial charge in [-0.3, -0.25) is 24.7 Å². The Labute approximate surface area is 313 Å². The molecule has 0 spiro atoms. The van der Waals surface area contributed by atoms with Crippen LogP contribution in [0.2, 0.25) is 5.02 Å². The summed E-state index contributed by atoms with van der Waals surface area (Å²) in [7, 11) is 1.66. The fourth-order valence-corrected chi connectivity index (χ4v) is 7.65. The Kier molecular flexibility index (Phi) is 14.2. The Hall–Kier alpha value is -4.34. The summed E-state index contributed by atoms with van der Waals surface area (Å²) in [6.07, 6.45) is 7.39. The number of likely N-dealkylation sites (N-methyl/N-ethyl adjacent to an activating group) is 1. The highest BCUT2D eigenvalue weighted by Crippen LogP contribution is 2.41. The first-order valence-electron chi connectivity index (χ1n) is 17.2. The molecule has 274 valence electrons. The van der Waals surface area contributed by atoms with E-state index in [-0.39, 0.29) is 31.5 Å². The van der Waals surface area contributed by atoms with Gasteiger partial charge in [0.25, 0.3) is 0 Å². The molecule has 12 nitrogen and oxygen atoms in total. The van der Waals surface area contributed by atoms with Crippen LogP contribution in [0.1, 0.15) is 41.6 Å². The zero-order valence-corrected chi connectivity index (χ0v) is 31.0. The van der Waals surface area contributed by atoms with Crippen LogP contribution in [0.5, 0.6) is 0 Å². The van der Waals surface area contributed by atoms with Gasteiger partial charge in [-0.25, -0.2) is 10.9 Å². The van der Waals surface area contributed by atoms with Crippen molar-refractivity contribution in [1.29, 1.82) is 0 Å². The minimum atomic E-state index is -0.873. The number of carbonyl (C=O) groups is 2. The van der Waals surface area contributed by atoms with Gasteiger partial charge in [-0.1, -0.05) is 60.1 Å². The van der Waals surface area contributed by atoms with Crippen molar-refractivity contribution in [3.8, 4) is 11.1 Å². The van der Waals surface area contributed by atoms with Crippen molar-refractivity contribution in [2.45, 2.75) is 67.7 Å². The Bertz CT molecular complexity index is 1960. The lowest BCUT2D eigenvalue weighted by Gasteiger charge is -2.31. The Balaban J connectivity index is 1.52. The van der Waals surface area contributed by atoms with Gasteiger partial charge in [-0.15, -0.1) is 0 Å². The van der Waals surface area contributed by atoms with Crippen LogP contribution in [0.25, 0.3) is 22.0 Å². The van der Waals surface area contributed by atoms with E-state index in [0.717, 1.165) is 60.8 Å². The second kappa shape index (κ2) is 18.9. The predicted molar refractivity (Wildman–Crippen MR) is 206 cm³/mol. The highest BCUT2D eigenvalue weighted by Gasteiger charge is 2.33. The van der Waals surface area contributed by atoms with Gasteiger partial charge in [0.05, 0.1) is 11.1 Å². The molecule has 3 aromatic heterocycles. The molecule has 0 bridgehead atoms. The zero-order chi connectivity index (χ0) is 37.0. The van der Waals surface area contributed by atoms with Crippen LogP contribution in [0.15, 0.2) is 89.2 Å². The standard InChI is InChI=1S/C38H46ClN9O3S/c1-24-29(28-9-3-4-10-32(28)47-24)20-34(48(2)38(50)33(46-23-51-42)11-5-6-16-40)36(49)45-22-30-27(25-14-18-43-19-15-25)12-13-31(39)35(30)52-37-26(21-41)8-7-17-44-37/h3-4,7-10,12-15,17-19,33-34,46-47H,5-6,11,16,20-23,40-42H2,1-2H3,(H,45,49)/t33-,34-/m0/s1. The number of hydrogen-bond acceptors (Lipinski definition) is 10. The van der Waals surface area contributed by atoms with Crippen LogP contribution in [0, 0.1) is 6.92 Å². The lowest BCUT2D eigenvalue weighted by molar-refractivity contribution is -0.141. The number of amides is 2. The number of H-pyrrole nitrogens is 1. The van der Waals surface area contributed by atoms with Gasteiger partial charge in [0.1, 0.15) is 17.8 Å². The molecule has 14 heteroatoms. The maximum absolute atomic E-state index is 14.6. The minimum absolute atomic E-state index is 0.0274. The van der Waals surface area contributed by atoms with E-state index in [0.29, 0.717) is 31.0 Å². The number of rotatable bonds is 18. The van der Waals surface area contributed by atoms with Gasteiger partial charge in [0, 0.05) is 66.6 Å². The number of nitrogens with one attached hydrogen (secondary N) is 3. The average molecular weight is 744 g/mol. The number of hydrogen-bond donors (Lipinski definition) is 6. The number of aromatic nitrogens is 3. The maximum atomic E-state index is 14.6. The third kappa shape index (κ3) is 9.36. The highest BCUT2D eigenvalue weighted by molar-refractivity contribution is 7.99. The fraction of sp³-hybridized carbons (Fsp3) is 0.316. The Morgan fingerprint density at radius 3 is 2.56 bits per heavy atom. The molecule has 0 unspecified atom stereocenters. The summed E-state index contributed by atoms with van der Waals surface area (Å²) in [6, 6.07) is 17.8. The van der Waals surface area contributed by atoms with Gasteiger partial charge in [-0.05, 0) is 84.5 Å². The molecular weight excluding hydrogens is 698 g/mol. The molecule has 52 heavy (non-hydrogen) atoms. The molecule has 2 atom stereocenters. The van der Waals surface area contributed by atoms with E-state index in [1.54, 1.807) is 25.6 Å². The Morgan fingerprint density at radius 2 is 1.81 bits per heavy atom. The molecule has 9 N–H and O–H groups in total. The number of carbonyl (C=O) groups excluding carboxylic acids is 2. The summed E-state index contributed by atoms with van der Waals surface area (Å²) in [5.41, 5.74) is 18.1. The van der Waals surface area contributed by atoms with E-state index in [1.807, 2.05) is 67.6 Å². The number of halogens is 1. The molecule has 0 aliphatic rings. The SMILES string of the molecule is Cc1[nH]c2ccccc2c1C[C@@H](C(=O)NCc1c(-c2ccncc2)ccc(Cl)c1Sc1ncccc1CN)N(C)C(=O)[C@H](CCCCN)NCON. The van der Waals surface area contributed by atoms with Crippen molar-refractivity contribution in [3.05, 3.63) is 107 Å². The Morgan fingerprint density at radius 1 is 1.02 bits per heavy atom. The van der Waals surface area contributed by atoms with Crippen LogP contribution in [0.4, 0.5) is 0 Å². The lowest BCUT2D eigenvalue weighted by atomic mass is 9.98. The number of nitrogens with zero attached hydrogens (tertiary/aromatic N) is 3. The zero-order valence-electron chi connectivity index (χ0n) is 29.4. The minimum Gasteiger partial charge on any atom is -0.358 e. The molecule has 0 saturated carbocycles. The highest BCUT2D eigenvalue weighted by atomic mass is 35.5. The number of para-hydroxylation sites is 1. The monoisotopic (exact) mass is 743 g/mol. The van der Waals surface area contributed by atoms with E-state index in [2.05, 4.69) is 25.6 Å². The third-order valence-electron chi connectivity index (χ3n) is 9.11. The molecule has 0 radical (unpaired) electrons. The molecular formula is C38H46ClN9O3S. The first-order valence-corrected chi connectivity index (χ1v) is 18.4. The van der Waals surface area contributed by atoms with Crippen molar-refractivity contribution >= 4 is 46.1 Å². The van der Waals surface area contributed by atoms with Gasteiger partial charge >= 0.3 is 0 Å². The van der Waals surface area contributed by atoms with Gasteiger partial charge in [-0.2, -0.15) is 0 Å². The molecule has 0 aliphatic carbocycles. The summed E-state index contributed by atoms with van der Waals surface area (Å²) >= 11 is 8.31. The number of benzene rings is 2. The topological polar surface area (TPSA) is 190 Å². The number of aryl methyl sites for hydroxylation is 1. The molecule has 2 aromatic carbocycles. The smallest absolute Gasteiger partial charge is 0.243 e. The summed E-state index contributed by atoms with van der Waals surface area (Å²) in [5.74, 6) is 4.73. The summed E-state index contributed by atoms with van der Waals surface area (Å²) < 4.78 is 0. The molecule has 2 amide bonds. The molecule has 0 saturated heterocycles. The first kappa shape index (κ1) is 38.9. The van der Waals surface area contributed by atoms with E-state index in [4.69, 9.17) is 33.8 Å². The van der Waals surface area contributed by atoms with Crippen molar-refractivity contribution in [2.75, 3.05) is 20.3 Å². The molecule has 0 fully saturated rings.